The quantitative estimate of drug-likeness (QED) is 0.492. The highest BCUT2D eigenvalue weighted by Gasteiger charge is 2.11. The average Bonchev–Trinajstić information content (AvgIpc) is 2.11. The van der Waals surface area contributed by atoms with Crippen molar-refractivity contribution in [2.24, 2.45) is 0 Å². The van der Waals surface area contributed by atoms with Crippen LogP contribution in [0.5, 0.6) is 0 Å². The minimum Gasteiger partial charge on any atom is -0.366 e. The second-order valence-corrected chi connectivity index (χ2v) is 3.49. The van der Waals surface area contributed by atoms with E-state index in [9.17, 15) is 4.79 Å². The van der Waals surface area contributed by atoms with Gasteiger partial charge in [0.05, 0.1) is 0 Å². The maximum Gasteiger partial charge on any atom is 0.205 e. The zero-order valence-corrected chi connectivity index (χ0v) is 8.94. The Kier molecular flexibility index (Phi) is 5.41. The molecule has 2 heteroatoms. The minimum absolute atomic E-state index is 0.00646. The summed E-state index contributed by atoms with van der Waals surface area (Å²) in [7, 11) is 1.59. The number of ketones is 1. The molecule has 0 spiro atoms. The number of hydrogen-bond acceptors (Lipinski definition) is 2. The molecule has 0 rings (SSSR count). The average molecular weight is 182 g/mol. The van der Waals surface area contributed by atoms with E-state index in [1.54, 1.807) is 7.11 Å². The standard InChI is InChI=1S/C11H18O2/c1-5-6-7-10(12)8-9-11(2,3)13-4/h5-7H2,1-4H3. The Morgan fingerprint density at radius 1 is 1.46 bits per heavy atom. The molecule has 0 atom stereocenters. The van der Waals surface area contributed by atoms with Crippen LogP contribution in [-0.4, -0.2) is 18.5 Å². The van der Waals surface area contributed by atoms with Gasteiger partial charge in [-0.05, 0) is 26.2 Å². The highest BCUT2D eigenvalue weighted by Crippen LogP contribution is 2.04. The largest absolute Gasteiger partial charge is 0.366 e. The molecule has 0 bridgehead atoms. The van der Waals surface area contributed by atoms with Crippen LogP contribution in [0, 0.1) is 11.8 Å². The predicted molar refractivity (Wildman–Crippen MR) is 53.4 cm³/mol. The number of Topliss-reactive ketones (excluding diaryl/α,β-unsaturated/α-hetero) is 1. The molecule has 0 aliphatic carbocycles. The molecule has 0 saturated carbocycles. The van der Waals surface area contributed by atoms with Gasteiger partial charge in [0.2, 0.25) is 5.78 Å². The SMILES string of the molecule is CCCCC(=O)C#CC(C)(C)OC. The molecule has 0 aromatic heterocycles. The van der Waals surface area contributed by atoms with Crippen LogP contribution >= 0.6 is 0 Å². The zero-order chi connectivity index (χ0) is 10.3. The minimum atomic E-state index is -0.512. The first-order valence-electron chi connectivity index (χ1n) is 4.63. The Hall–Kier alpha value is -0.810. The first-order valence-corrected chi connectivity index (χ1v) is 4.63. The summed E-state index contributed by atoms with van der Waals surface area (Å²) >= 11 is 0. The van der Waals surface area contributed by atoms with Crippen LogP contribution in [0.4, 0.5) is 0 Å². The van der Waals surface area contributed by atoms with Gasteiger partial charge >= 0.3 is 0 Å². The van der Waals surface area contributed by atoms with Crippen molar-refractivity contribution in [1.29, 1.82) is 0 Å². The van der Waals surface area contributed by atoms with Gasteiger partial charge in [-0.25, -0.2) is 0 Å². The molecule has 0 N–H and O–H groups in total. The Bertz CT molecular complexity index is 218. The summed E-state index contributed by atoms with van der Waals surface area (Å²) in [6.07, 6.45) is 2.51. The van der Waals surface area contributed by atoms with Crippen LogP contribution in [0.3, 0.4) is 0 Å². The fourth-order valence-electron chi connectivity index (χ4n) is 0.671. The molecular formula is C11H18O2. The van der Waals surface area contributed by atoms with Crippen LogP contribution in [0.15, 0.2) is 0 Å². The van der Waals surface area contributed by atoms with Crippen molar-refractivity contribution < 1.29 is 9.53 Å². The number of rotatable bonds is 4. The Morgan fingerprint density at radius 2 is 2.08 bits per heavy atom. The molecule has 0 aliphatic heterocycles. The molecule has 74 valence electrons. The van der Waals surface area contributed by atoms with Gasteiger partial charge in [0.15, 0.2) is 0 Å². The van der Waals surface area contributed by atoms with E-state index in [0.29, 0.717) is 6.42 Å². The van der Waals surface area contributed by atoms with Crippen molar-refractivity contribution in [3.05, 3.63) is 0 Å². The van der Waals surface area contributed by atoms with Gasteiger partial charge in [0.1, 0.15) is 5.60 Å². The number of ether oxygens (including phenoxy) is 1. The lowest BCUT2D eigenvalue weighted by molar-refractivity contribution is -0.113. The highest BCUT2D eigenvalue weighted by molar-refractivity contribution is 5.95. The summed E-state index contributed by atoms with van der Waals surface area (Å²) < 4.78 is 5.07. The van der Waals surface area contributed by atoms with Gasteiger partial charge in [-0.1, -0.05) is 19.3 Å². The third-order valence-corrected chi connectivity index (χ3v) is 1.77. The summed E-state index contributed by atoms with van der Waals surface area (Å²) in [5, 5.41) is 0. The van der Waals surface area contributed by atoms with E-state index in [4.69, 9.17) is 4.74 Å². The number of carbonyl (C=O) groups is 1. The lowest BCUT2D eigenvalue weighted by Gasteiger charge is -2.13. The maximum absolute atomic E-state index is 11.1. The van der Waals surface area contributed by atoms with E-state index in [0.717, 1.165) is 12.8 Å². The van der Waals surface area contributed by atoms with Crippen molar-refractivity contribution in [2.75, 3.05) is 7.11 Å². The summed E-state index contributed by atoms with van der Waals surface area (Å²) in [4.78, 5) is 11.1. The van der Waals surface area contributed by atoms with Gasteiger partial charge in [0, 0.05) is 13.5 Å². The van der Waals surface area contributed by atoms with E-state index in [2.05, 4.69) is 18.8 Å². The van der Waals surface area contributed by atoms with Crippen LogP contribution < -0.4 is 0 Å². The van der Waals surface area contributed by atoms with Gasteiger partial charge in [0.25, 0.3) is 0 Å². The van der Waals surface area contributed by atoms with Crippen LogP contribution in [0.25, 0.3) is 0 Å². The fourth-order valence-corrected chi connectivity index (χ4v) is 0.671. The van der Waals surface area contributed by atoms with E-state index >= 15 is 0 Å². The second-order valence-electron chi connectivity index (χ2n) is 3.49. The van der Waals surface area contributed by atoms with Crippen molar-refractivity contribution in [3.8, 4) is 11.8 Å². The van der Waals surface area contributed by atoms with E-state index < -0.39 is 5.60 Å². The summed E-state index contributed by atoms with van der Waals surface area (Å²) in [5.74, 6) is 5.40. The van der Waals surface area contributed by atoms with Crippen molar-refractivity contribution in [3.63, 3.8) is 0 Å². The third-order valence-electron chi connectivity index (χ3n) is 1.77. The molecule has 0 unspecified atom stereocenters. The number of hydrogen-bond donors (Lipinski definition) is 0. The van der Waals surface area contributed by atoms with Gasteiger partial charge < -0.3 is 4.74 Å². The van der Waals surface area contributed by atoms with Gasteiger partial charge in [-0.15, -0.1) is 0 Å². The van der Waals surface area contributed by atoms with Crippen molar-refractivity contribution in [2.45, 2.75) is 45.6 Å². The summed E-state index contributed by atoms with van der Waals surface area (Å²) in [6.45, 7) is 5.74. The van der Waals surface area contributed by atoms with E-state index in [-0.39, 0.29) is 5.78 Å². The Labute approximate surface area is 80.7 Å². The monoisotopic (exact) mass is 182 g/mol. The zero-order valence-electron chi connectivity index (χ0n) is 8.94. The lowest BCUT2D eigenvalue weighted by Crippen LogP contribution is -2.19. The summed E-state index contributed by atoms with van der Waals surface area (Å²) in [5.41, 5.74) is -0.512. The number of carbonyl (C=O) groups excluding carboxylic acids is 1. The summed E-state index contributed by atoms with van der Waals surface area (Å²) in [6, 6.07) is 0. The first-order chi connectivity index (χ1) is 6.02. The molecule has 0 fully saturated rings. The highest BCUT2D eigenvalue weighted by atomic mass is 16.5. The van der Waals surface area contributed by atoms with E-state index in [1.165, 1.54) is 0 Å². The maximum atomic E-state index is 11.1. The van der Waals surface area contributed by atoms with Gasteiger partial charge in [-0.2, -0.15) is 0 Å². The second kappa shape index (κ2) is 5.77. The lowest BCUT2D eigenvalue weighted by atomic mass is 10.1. The fraction of sp³-hybridized carbons (Fsp3) is 0.727. The van der Waals surface area contributed by atoms with Crippen LogP contribution in [0.1, 0.15) is 40.0 Å². The molecule has 0 aromatic carbocycles. The Balaban J connectivity index is 4.02. The molecule has 0 aromatic rings. The molecule has 2 nitrogen and oxygen atoms in total. The molecule has 0 amide bonds. The van der Waals surface area contributed by atoms with Crippen molar-refractivity contribution >= 4 is 5.78 Å². The molecule has 0 heterocycles. The predicted octanol–water partition coefficient (Wildman–Crippen LogP) is 2.17. The molecular weight excluding hydrogens is 164 g/mol. The molecule has 0 radical (unpaired) electrons. The third kappa shape index (κ3) is 6.36. The van der Waals surface area contributed by atoms with Gasteiger partial charge in [-0.3, -0.25) is 4.79 Å². The number of methoxy groups -OCH3 is 1. The number of unbranched alkanes of at least 4 members (excludes halogenated alkanes) is 1. The first kappa shape index (κ1) is 12.2. The van der Waals surface area contributed by atoms with Crippen LogP contribution in [-0.2, 0) is 9.53 Å². The molecule has 0 saturated heterocycles. The molecule has 13 heavy (non-hydrogen) atoms. The smallest absolute Gasteiger partial charge is 0.205 e. The topological polar surface area (TPSA) is 26.3 Å². The molecule has 0 aliphatic rings. The van der Waals surface area contributed by atoms with Crippen molar-refractivity contribution in [1.82, 2.24) is 0 Å². The van der Waals surface area contributed by atoms with Crippen LogP contribution in [0.2, 0.25) is 0 Å². The Morgan fingerprint density at radius 3 is 2.54 bits per heavy atom. The normalized spacial score (nSPS) is 10.5. The van der Waals surface area contributed by atoms with E-state index in [1.807, 2.05) is 13.8 Å².